The van der Waals surface area contributed by atoms with Crippen LogP contribution in [0.5, 0.6) is 0 Å². The Kier molecular flexibility index (Phi) is 5.43. The second-order valence-corrected chi connectivity index (χ2v) is 5.07. The highest BCUT2D eigenvalue weighted by Gasteiger charge is 2.13. The SMILES string of the molecule is CN(Cc1cscn1)C(=O)c1ccc(C#CCCO)cn1. The minimum Gasteiger partial charge on any atom is -0.395 e. The first-order valence-electron chi connectivity index (χ1n) is 6.39. The van der Waals surface area contributed by atoms with E-state index in [1.807, 2.05) is 5.38 Å². The van der Waals surface area contributed by atoms with Gasteiger partial charge in [-0.3, -0.25) is 4.79 Å². The average Bonchev–Trinajstić information content (AvgIpc) is 3.00. The van der Waals surface area contributed by atoms with E-state index in [0.717, 1.165) is 11.3 Å². The highest BCUT2D eigenvalue weighted by atomic mass is 32.1. The Balaban J connectivity index is 2.01. The van der Waals surface area contributed by atoms with Crippen molar-refractivity contribution in [1.29, 1.82) is 0 Å². The van der Waals surface area contributed by atoms with Gasteiger partial charge in [0.2, 0.25) is 0 Å². The van der Waals surface area contributed by atoms with Gasteiger partial charge in [0, 0.05) is 30.6 Å². The van der Waals surface area contributed by atoms with E-state index in [2.05, 4.69) is 21.8 Å². The monoisotopic (exact) mass is 301 g/mol. The fraction of sp³-hybridized carbons (Fsp3) is 0.267. The summed E-state index contributed by atoms with van der Waals surface area (Å²) in [7, 11) is 1.72. The van der Waals surface area contributed by atoms with Gasteiger partial charge >= 0.3 is 0 Å². The summed E-state index contributed by atoms with van der Waals surface area (Å²) in [4.78, 5) is 22.1. The Bertz CT molecular complexity index is 642. The third-order valence-electron chi connectivity index (χ3n) is 2.68. The molecule has 0 bridgehead atoms. The van der Waals surface area contributed by atoms with Crippen molar-refractivity contribution >= 4 is 17.2 Å². The Labute approximate surface area is 127 Å². The lowest BCUT2D eigenvalue weighted by atomic mass is 10.2. The molecule has 1 amide bonds. The summed E-state index contributed by atoms with van der Waals surface area (Å²) >= 11 is 1.50. The molecule has 0 radical (unpaired) electrons. The zero-order valence-corrected chi connectivity index (χ0v) is 12.4. The summed E-state index contributed by atoms with van der Waals surface area (Å²) in [5.74, 6) is 5.53. The standard InChI is InChI=1S/C15H15N3O2S/c1-18(9-13-10-21-11-17-13)15(20)14-6-5-12(8-16-14)4-2-3-7-19/h5-6,8,10-11,19H,3,7,9H2,1H3. The molecule has 0 aliphatic heterocycles. The maximum absolute atomic E-state index is 12.2. The number of hydrogen-bond acceptors (Lipinski definition) is 5. The first-order chi connectivity index (χ1) is 10.2. The van der Waals surface area contributed by atoms with Crippen LogP contribution in [0.15, 0.2) is 29.2 Å². The topological polar surface area (TPSA) is 66.3 Å². The molecule has 0 aromatic carbocycles. The number of carbonyl (C=O) groups is 1. The summed E-state index contributed by atoms with van der Waals surface area (Å²) in [6, 6.07) is 3.41. The predicted molar refractivity (Wildman–Crippen MR) is 80.7 cm³/mol. The van der Waals surface area contributed by atoms with Crippen LogP contribution in [-0.2, 0) is 6.54 Å². The third-order valence-corrected chi connectivity index (χ3v) is 3.32. The highest BCUT2D eigenvalue weighted by Crippen LogP contribution is 2.08. The number of nitrogens with zero attached hydrogens (tertiary/aromatic N) is 3. The second-order valence-electron chi connectivity index (χ2n) is 4.35. The van der Waals surface area contributed by atoms with Crippen LogP contribution in [-0.4, -0.2) is 39.5 Å². The largest absolute Gasteiger partial charge is 0.395 e. The summed E-state index contributed by atoms with van der Waals surface area (Å²) in [5.41, 5.74) is 3.70. The molecule has 0 saturated carbocycles. The summed E-state index contributed by atoms with van der Waals surface area (Å²) in [5, 5.41) is 10.6. The van der Waals surface area contributed by atoms with Crippen molar-refractivity contribution in [3.8, 4) is 11.8 Å². The van der Waals surface area contributed by atoms with E-state index in [9.17, 15) is 4.79 Å². The van der Waals surface area contributed by atoms with Crippen molar-refractivity contribution in [2.75, 3.05) is 13.7 Å². The number of amides is 1. The molecule has 0 unspecified atom stereocenters. The Hall–Kier alpha value is -2.23. The van der Waals surface area contributed by atoms with Crippen molar-refractivity contribution in [3.05, 3.63) is 46.2 Å². The minimum absolute atomic E-state index is 0.0401. The molecule has 0 saturated heterocycles. The van der Waals surface area contributed by atoms with Gasteiger partial charge in [-0.1, -0.05) is 11.8 Å². The van der Waals surface area contributed by atoms with Crippen molar-refractivity contribution in [2.24, 2.45) is 0 Å². The maximum atomic E-state index is 12.2. The van der Waals surface area contributed by atoms with Gasteiger partial charge in [0.05, 0.1) is 24.4 Å². The number of rotatable bonds is 4. The molecule has 6 heteroatoms. The number of aliphatic hydroxyl groups excluding tert-OH is 1. The van der Waals surface area contributed by atoms with Crippen LogP contribution in [0.4, 0.5) is 0 Å². The Morgan fingerprint density at radius 1 is 1.43 bits per heavy atom. The number of hydrogen-bond donors (Lipinski definition) is 1. The number of aromatic nitrogens is 2. The van der Waals surface area contributed by atoms with Crippen molar-refractivity contribution in [3.63, 3.8) is 0 Å². The smallest absolute Gasteiger partial charge is 0.272 e. The molecule has 1 N–H and O–H groups in total. The first kappa shape index (κ1) is 15.2. The molecule has 5 nitrogen and oxygen atoms in total. The normalized spacial score (nSPS) is 9.81. The molecule has 2 heterocycles. The molecular formula is C15H15N3O2S. The van der Waals surface area contributed by atoms with Gasteiger partial charge in [0.1, 0.15) is 5.69 Å². The Morgan fingerprint density at radius 2 is 2.29 bits per heavy atom. The van der Waals surface area contributed by atoms with Crippen LogP contribution >= 0.6 is 11.3 Å². The van der Waals surface area contributed by atoms with Crippen LogP contribution < -0.4 is 0 Å². The van der Waals surface area contributed by atoms with Crippen molar-refractivity contribution < 1.29 is 9.90 Å². The maximum Gasteiger partial charge on any atom is 0.272 e. The van der Waals surface area contributed by atoms with E-state index in [4.69, 9.17) is 5.11 Å². The van der Waals surface area contributed by atoms with E-state index in [-0.39, 0.29) is 12.5 Å². The van der Waals surface area contributed by atoms with Crippen LogP contribution in [0.3, 0.4) is 0 Å². The third kappa shape index (κ3) is 4.38. The lowest BCUT2D eigenvalue weighted by molar-refractivity contribution is 0.0778. The van der Waals surface area contributed by atoms with Gasteiger partial charge < -0.3 is 10.0 Å². The van der Waals surface area contributed by atoms with Crippen molar-refractivity contribution in [2.45, 2.75) is 13.0 Å². The van der Waals surface area contributed by atoms with Crippen molar-refractivity contribution in [1.82, 2.24) is 14.9 Å². The van der Waals surface area contributed by atoms with E-state index in [1.165, 1.54) is 11.3 Å². The number of pyridine rings is 1. The molecule has 0 fully saturated rings. The lowest BCUT2D eigenvalue weighted by Gasteiger charge is -2.15. The van der Waals surface area contributed by atoms with Gasteiger partial charge in [-0.2, -0.15) is 0 Å². The Morgan fingerprint density at radius 3 is 2.90 bits per heavy atom. The van der Waals surface area contributed by atoms with Gasteiger partial charge in [-0.05, 0) is 12.1 Å². The molecule has 2 aromatic heterocycles. The van der Waals surface area contributed by atoms with Gasteiger partial charge in [-0.15, -0.1) is 11.3 Å². The van der Waals surface area contributed by atoms with E-state index in [0.29, 0.717) is 18.7 Å². The average molecular weight is 301 g/mol. The van der Waals surface area contributed by atoms with Gasteiger partial charge in [0.25, 0.3) is 5.91 Å². The molecule has 21 heavy (non-hydrogen) atoms. The molecule has 0 spiro atoms. The van der Waals surface area contributed by atoms with E-state index < -0.39 is 0 Å². The van der Waals surface area contributed by atoms with Crippen LogP contribution in [0.25, 0.3) is 0 Å². The molecular weight excluding hydrogens is 286 g/mol. The van der Waals surface area contributed by atoms with Crippen LogP contribution in [0, 0.1) is 11.8 Å². The predicted octanol–water partition coefficient (Wildman–Crippen LogP) is 1.54. The molecule has 2 aromatic rings. The molecule has 0 aliphatic rings. The highest BCUT2D eigenvalue weighted by molar-refractivity contribution is 7.07. The van der Waals surface area contributed by atoms with E-state index >= 15 is 0 Å². The van der Waals surface area contributed by atoms with E-state index in [1.54, 1.807) is 35.8 Å². The van der Waals surface area contributed by atoms with Gasteiger partial charge in [-0.25, -0.2) is 9.97 Å². The minimum atomic E-state index is -0.155. The molecule has 0 atom stereocenters. The number of aliphatic hydroxyl groups is 1. The summed E-state index contributed by atoms with van der Waals surface area (Å²) in [6.45, 7) is 0.500. The fourth-order valence-corrected chi connectivity index (χ4v) is 2.19. The van der Waals surface area contributed by atoms with Gasteiger partial charge in [0.15, 0.2) is 0 Å². The summed E-state index contributed by atoms with van der Waals surface area (Å²) < 4.78 is 0. The zero-order chi connectivity index (χ0) is 15.1. The van der Waals surface area contributed by atoms with Crippen LogP contribution in [0.1, 0.15) is 28.2 Å². The number of carbonyl (C=O) groups excluding carboxylic acids is 1. The zero-order valence-electron chi connectivity index (χ0n) is 11.6. The second kappa shape index (κ2) is 7.53. The molecule has 0 aliphatic carbocycles. The summed E-state index contributed by atoms with van der Waals surface area (Å²) in [6.07, 6.45) is 1.99. The number of thiazole rings is 1. The quantitative estimate of drug-likeness (QED) is 0.870. The molecule has 108 valence electrons. The lowest BCUT2D eigenvalue weighted by Crippen LogP contribution is -2.27. The first-order valence-corrected chi connectivity index (χ1v) is 7.33. The van der Waals surface area contributed by atoms with Crippen LogP contribution in [0.2, 0.25) is 0 Å². The fourth-order valence-electron chi connectivity index (χ4n) is 1.64. The molecule has 2 rings (SSSR count).